The SMILES string of the molecule is CC1CC(C)C(=O)CCCOC(=O)C(C)C1. The second kappa shape index (κ2) is 6.02. The van der Waals surface area contributed by atoms with E-state index in [1.54, 1.807) is 0 Å². The van der Waals surface area contributed by atoms with Crippen molar-refractivity contribution in [3.8, 4) is 0 Å². The van der Waals surface area contributed by atoms with Crippen molar-refractivity contribution in [2.75, 3.05) is 6.61 Å². The van der Waals surface area contributed by atoms with Gasteiger partial charge in [-0.25, -0.2) is 0 Å². The average Bonchev–Trinajstić information content (AvgIpc) is 2.23. The maximum atomic E-state index is 11.7. The quantitative estimate of drug-likeness (QED) is 0.596. The summed E-state index contributed by atoms with van der Waals surface area (Å²) < 4.78 is 5.13. The molecule has 1 saturated heterocycles. The molecule has 0 aromatic carbocycles. The molecule has 0 aliphatic carbocycles. The minimum Gasteiger partial charge on any atom is -0.465 e. The Morgan fingerprint density at radius 3 is 2.38 bits per heavy atom. The number of esters is 1. The summed E-state index contributed by atoms with van der Waals surface area (Å²) in [5.41, 5.74) is 0. The van der Waals surface area contributed by atoms with Crippen LogP contribution in [0.3, 0.4) is 0 Å². The lowest BCUT2D eigenvalue weighted by atomic mass is 9.87. The lowest BCUT2D eigenvalue weighted by Gasteiger charge is -2.17. The van der Waals surface area contributed by atoms with Gasteiger partial charge in [-0.2, -0.15) is 0 Å². The standard InChI is InChI=1S/C13H22O3/c1-9-7-10(2)12(14)5-4-6-16-13(15)11(3)8-9/h9-11H,4-8H2,1-3H3. The number of carbonyl (C=O) groups is 2. The Morgan fingerprint density at radius 1 is 1.06 bits per heavy atom. The van der Waals surface area contributed by atoms with Gasteiger partial charge in [-0.05, 0) is 25.2 Å². The van der Waals surface area contributed by atoms with Gasteiger partial charge in [-0.1, -0.05) is 20.8 Å². The molecule has 1 aliphatic heterocycles. The first-order valence-electron chi connectivity index (χ1n) is 6.20. The van der Waals surface area contributed by atoms with Gasteiger partial charge in [0, 0.05) is 12.3 Å². The molecular formula is C13H22O3. The Bertz CT molecular complexity index is 234. The number of cyclic esters (lactones) is 1. The van der Waals surface area contributed by atoms with Gasteiger partial charge in [0.05, 0.1) is 12.5 Å². The van der Waals surface area contributed by atoms with Crippen molar-refractivity contribution in [3.05, 3.63) is 0 Å². The molecule has 0 radical (unpaired) electrons. The van der Waals surface area contributed by atoms with Crippen LogP contribution in [0.1, 0.15) is 46.5 Å². The lowest BCUT2D eigenvalue weighted by molar-refractivity contribution is -0.148. The molecule has 3 unspecified atom stereocenters. The number of ketones is 1. The topological polar surface area (TPSA) is 43.4 Å². The molecule has 16 heavy (non-hydrogen) atoms. The number of carbonyl (C=O) groups excluding carboxylic acids is 2. The van der Waals surface area contributed by atoms with E-state index in [1.165, 1.54) is 0 Å². The van der Waals surface area contributed by atoms with Crippen LogP contribution in [0.5, 0.6) is 0 Å². The minimum atomic E-state index is -0.117. The summed E-state index contributed by atoms with van der Waals surface area (Å²) in [5.74, 6) is 0.664. The van der Waals surface area contributed by atoms with Crippen LogP contribution in [0.2, 0.25) is 0 Å². The highest BCUT2D eigenvalue weighted by Gasteiger charge is 2.22. The van der Waals surface area contributed by atoms with E-state index in [4.69, 9.17) is 4.74 Å². The van der Waals surface area contributed by atoms with Crippen LogP contribution in [0.4, 0.5) is 0 Å². The van der Waals surface area contributed by atoms with Crippen LogP contribution in [0.15, 0.2) is 0 Å². The van der Waals surface area contributed by atoms with E-state index in [1.807, 2.05) is 13.8 Å². The van der Waals surface area contributed by atoms with Crippen molar-refractivity contribution < 1.29 is 14.3 Å². The normalized spacial score (nSPS) is 34.1. The highest BCUT2D eigenvalue weighted by molar-refractivity contribution is 5.80. The maximum Gasteiger partial charge on any atom is 0.308 e. The van der Waals surface area contributed by atoms with Crippen molar-refractivity contribution in [2.45, 2.75) is 46.5 Å². The molecule has 0 bridgehead atoms. The Labute approximate surface area is 97.5 Å². The third-order valence-electron chi connectivity index (χ3n) is 3.28. The molecule has 1 aliphatic rings. The van der Waals surface area contributed by atoms with E-state index in [0.717, 1.165) is 12.8 Å². The van der Waals surface area contributed by atoms with Crippen molar-refractivity contribution in [2.24, 2.45) is 17.8 Å². The van der Waals surface area contributed by atoms with E-state index >= 15 is 0 Å². The number of hydrogen-bond donors (Lipinski definition) is 0. The first-order chi connectivity index (χ1) is 7.50. The molecule has 0 saturated carbocycles. The van der Waals surface area contributed by atoms with Crippen LogP contribution in [-0.2, 0) is 14.3 Å². The largest absolute Gasteiger partial charge is 0.465 e. The zero-order chi connectivity index (χ0) is 12.1. The minimum absolute atomic E-state index is 0.0459. The van der Waals surface area contributed by atoms with Gasteiger partial charge >= 0.3 is 5.97 Å². The smallest absolute Gasteiger partial charge is 0.308 e. The summed E-state index contributed by atoms with van der Waals surface area (Å²) in [6, 6.07) is 0. The second-order valence-electron chi connectivity index (χ2n) is 5.12. The maximum absolute atomic E-state index is 11.7. The molecule has 3 atom stereocenters. The Hall–Kier alpha value is -0.860. The Balaban J connectivity index is 2.63. The summed E-state index contributed by atoms with van der Waals surface area (Å²) in [4.78, 5) is 23.3. The Kier molecular flexibility index (Phi) is 4.97. The molecular weight excluding hydrogens is 204 g/mol. The van der Waals surface area contributed by atoms with Gasteiger partial charge in [0.25, 0.3) is 0 Å². The van der Waals surface area contributed by atoms with Crippen LogP contribution in [0.25, 0.3) is 0 Å². The highest BCUT2D eigenvalue weighted by Crippen LogP contribution is 2.23. The Morgan fingerprint density at radius 2 is 1.69 bits per heavy atom. The molecule has 3 nitrogen and oxygen atoms in total. The third kappa shape index (κ3) is 3.95. The molecule has 0 aromatic heterocycles. The average molecular weight is 226 g/mol. The number of ether oxygens (including phenoxy) is 1. The second-order valence-corrected chi connectivity index (χ2v) is 5.12. The monoisotopic (exact) mass is 226 g/mol. The highest BCUT2D eigenvalue weighted by atomic mass is 16.5. The van der Waals surface area contributed by atoms with Gasteiger partial charge in [0.15, 0.2) is 0 Å². The zero-order valence-corrected chi connectivity index (χ0v) is 10.5. The number of Topliss-reactive ketones (excluding diaryl/α,β-unsaturated/α-hetero) is 1. The summed E-state index contributed by atoms with van der Waals surface area (Å²) in [6.07, 6.45) is 2.90. The van der Waals surface area contributed by atoms with E-state index in [-0.39, 0.29) is 17.8 Å². The van der Waals surface area contributed by atoms with Gasteiger partial charge < -0.3 is 4.74 Å². The molecule has 1 heterocycles. The van der Waals surface area contributed by atoms with Crippen LogP contribution in [0, 0.1) is 17.8 Å². The predicted octanol–water partition coefficient (Wildman–Crippen LogP) is 2.58. The molecule has 0 amide bonds. The van der Waals surface area contributed by atoms with Crippen molar-refractivity contribution in [1.82, 2.24) is 0 Å². The number of rotatable bonds is 0. The van der Waals surface area contributed by atoms with E-state index < -0.39 is 0 Å². The lowest BCUT2D eigenvalue weighted by Crippen LogP contribution is -2.18. The summed E-state index contributed by atoms with van der Waals surface area (Å²) in [5, 5.41) is 0. The fourth-order valence-corrected chi connectivity index (χ4v) is 2.34. The van der Waals surface area contributed by atoms with Crippen LogP contribution in [-0.4, -0.2) is 18.4 Å². The van der Waals surface area contributed by atoms with Crippen LogP contribution >= 0.6 is 0 Å². The van der Waals surface area contributed by atoms with Gasteiger partial charge in [0.2, 0.25) is 0 Å². The molecule has 1 rings (SSSR count). The van der Waals surface area contributed by atoms with E-state index in [2.05, 4.69) is 6.92 Å². The summed E-state index contributed by atoms with van der Waals surface area (Å²) in [6.45, 7) is 6.38. The molecule has 0 N–H and O–H groups in total. The zero-order valence-electron chi connectivity index (χ0n) is 10.5. The molecule has 0 aromatic rings. The molecule has 1 fully saturated rings. The molecule has 92 valence electrons. The molecule has 0 spiro atoms. The predicted molar refractivity (Wildman–Crippen MR) is 61.9 cm³/mol. The van der Waals surface area contributed by atoms with Crippen molar-refractivity contribution in [1.29, 1.82) is 0 Å². The van der Waals surface area contributed by atoms with Crippen molar-refractivity contribution >= 4 is 11.8 Å². The molecule has 3 heteroatoms. The van der Waals surface area contributed by atoms with E-state index in [0.29, 0.717) is 31.1 Å². The van der Waals surface area contributed by atoms with Gasteiger partial charge in [-0.15, -0.1) is 0 Å². The van der Waals surface area contributed by atoms with E-state index in [9.17, 15) is 9.59 Å². The van der Waals surface area contributed by atoms with Crippen molar-refractivity contribution in [3.63, 3.8) is 0 Å². The fourth-order valence-electron chi connectivity index (χ4n) is 2.34. The van der Waals surface area contributed by atoms with Gasteiger partial charge in [0.1, 0.15) is 5.78 Å². The number of hydrogen-bond acceptors (Lipinski definition) is 3. The first kappa shape index (κ1) is 13.2. The summed E-state index contributed by atoms with van der Waals surface area (Å²) in [7, 11) is 0. The summed E-state index contributed by atoms with van der Waals surface area (Å²) >= 11 is 0. The third-order valence-corrected chi connectivity index (χ3v) is 3.28. The van der Waals surface area contributed by atoms with Crippen LogP contribution < -0.4 is 0 Å². The first-order valence-corrected chi connectivity index (χ1v) is 6.20. The van der Waals surface area contributed by atoms with Gasteiger partial charge in [-0.3, -0.25) is 9.59 Å². The fraction of sp³-hybridized carbons (Fsp3) is 0.846.